The van der Waals surface area contributed by atoms with E-state index in [1.165, 1.54) is 0 Å². The highest BCUT2D eigenvalue weighted by molar-refractivity contribution is 5.88. The van der Waals surface area contributed by atoms with E-state index in [0.29, 0.717) is 30.7 Å². The number of ether oxygens (including phenoxy) is 1. The molecule has 1 aliphatic rings. The molecule has 0 bridgehead atoms. The molecule has 3 rings (SSSR count). The van der Waals surface area contributed by atoms with Crippen molar-refractivity contribution in [3.63, 3.8) is 0 Å². The summed E-state index contributed by atoms with van der Waals surface area (Å²) in [6, 6.07) is 5.48. The van der Waals surface area contributed by atoms with Crippen LogP contribution in [0.15, 0.2) is 28.9 Å². The fourth-order valence-corrected chi connectivity index (χ4v) is 3.23. The van der Waals surface area contributed by atoms with Crippen molar-refractivity contribution >= 4 is 22.8 Å². The van der Waals surface area contributed by atoms with Gasteiger partial charge in [-0.05, 0) is 31.9 Å². The second kappa shape index (κ2) is 6.19. The maximum atomic E-state index is 12.6. The number of carbonyl (C=O) groups excluding carboxylic acids is 1. The number of hydrogen-bond donors (Lipinski definition) is 1. The number of amides is 1. The number of rotatable bonds is 4. The molecule has 1 unspecified atom stereocenters. The molecule has 0 aliphatic carbocycles. The van der Waals surface area contributed by atoms with Gasteiger partial charge in [0, 0.05) is 30.1 Å². The van der Waals surface area contributed by atoms with Crippen LogP contribution < -0.4 is 4.74 Å². The second-order valence-corrected chi connectivity index (χ2v) is 6.58. The first-order chi connectivity index (χ1) is 11.4. The van der Waals surface area contributed by atoms with Crippen LogP contribution in [0, 0.1) is 5.41 Å². The Labute approximate surface area is 140 Å². The Morgan fingerprint density at radius 2 is 2.21 bits per heavy atom. The number of methoxy groups -OCH3 is 1. The van der Waals surface area contributed by atoms with Crippen LogP contribution in [0.3, 0.4) is 0 Å². The predicted octanol–water partition coefficient (Wildman–Crippen LogP) is 2.70. The molecule has 1 atom stereocenters. The fraction of sp³-hybridized carbons (Fsp3) is 0.444. The maximum absolute atomic E-state index is 12.6. The van der Waals surface area contributed by atoms with Crippen LogP contribution in [0.1, 0.15) is 25.3 Å². The molecular formula is C18H21NO5. The summed E-state index contributed by atoms with van der Waals surface area (Å²) in [6.45, 7) is 2.56. The summed E-state index contributed by atoms with van der Waals surface area (Å²) in [5.41, 5.74) is 0.617. The molecule has 0 spiro atoms. The molecular weight excluding hydrogens is 310 g/mol. The van der Waals surface area contributed by atoms with Crippen LogP contribution in [0.2, 0.25) is 0 Å². The van der Waals surface area contributed by atoms with Gasteiger partial charge in [0.05, 0.1) is 25.2 Å². The van der Waals surface area contributed by atoms with E-state index in [4.69, 9.17) is 9.15 Å². The molecule has 1 fully saturated rings. The first-order valence-electron chi connectivity index (χ1n) is 7.98. The Bertz CT molecular complexity index is 781. The van der Waals surface area contributed by atoms with Crippen molar-refractivity contribution < 1.29 is 23.8 Å². The van der Waals surface area contributed by atoms with Crippen LogP contribution in [-0.4, -0.2) is 42.1 Å². The average Bonchev–Trinajstić information content (AvgIpc) is 2.96. The lowest BCUT2D eigenvalue weighted by molar-refractivity contribution is -0.153. The number of furan rings is 1. The summed E-state index contributed by atoms with van der Waals surface area (Å²) in [4.78, 5) is 25.7. The third-order valence-electron chi connectivity index (χ3n) is 4.77. The maximum Gasteiger partial charge on any atom is 0.311 e. The van der Waals surface area contributed by atoms with Crippen LogP contribution in [0.25, 0.3) is 11.0 Å². The van der Waals surface area contributed by atoms with Gasteiger partial charge in [-0.3, -0.25) is 9.59 Å². The molecule has 2 heterocycles. The summed E-state index contributed by atoms with van der Waals surface area (Å²) in [5.74, 6) is -0.218. The Balaban J connectivity index is 1.76. The molecule has 6 nitrogen and oxygen atoms in total. The number of carbonyl (C=O) groups is 2. The molecule has 1 aromatic heterocycles. The first kappa shape index (κ1) is 16.4. The van der Waals surface area contributed by atoms with Crippen molar-refractivity contribution in [3.05, 3.63) is 30.0 Å². The minimum Gasteiger partial charge on any atom is -0.497 e. The average molecular weight is 331 g/mol. The van der Waals surface area contributed by atoms with Crippen molar-refractivity contribution in [1.29, 1.82) is 0 Å². The molecule has 1 saturated heterocycles. The number of aliphatic carboxylic acids is 1. The zero-order valence-electron chi connectivity index (χ0n) is 13.9. The van der Waals surface area contributed by atoms with Crippen LogP contribution in [0.5, 0.6) is 5.75 Å². The number of benzene rings is 1. The van der Waals surface area contributed by atoms with E-state index in [-0.39, 0.29) is 18.9 Å². The highest BCUT2D eigenvalue weighted by Crippen LogP contribution is 2.31. The Hall–Kier alpha value is -2.50. The molecule has 1 aromatic carbocycles. The molecule has 0 saturated carbocycles. The normalized spacial score (nSPS) is 21.0. The highest BCUT2D eigenvalue weighted by Gasteiger charge is 2.39. The summed E-state index contributed by atoms with van der Waals surface area (Å²) in [7, 11) is 1.59. The number of piperidine rings is 1. The third-order valence-corrected chi connectivity index (χ3v) is 4.77. The predicted molar refractivity (Wildman–Crippen MR) is 88.0 cm³/mol. The van der Waals surface area contributed by atoms with Crippen molar-refractivity contribution in [2.75, 3.05) is 20.2 Å². The van der Waals surface area contributed by atoms with E-state index in [1.54, 1.807) is 31.3 Å². The Morgan fingerprint density at radius 3 is 2.92 bits per heavy atom. The molecule has 24 heavy (non-hydrogen) atoms. The quantitative estimate of drug-likeness (QED) is 0.932. The number of nitrogens with zero attached hydrogens (tertiary/aromatic N) is 1. The van der Waals surface area contributed by atoms with Crippen LogP contribution >= 0.6 is 0 Å². The van der Waals surface area contributed by atoms with Crippen molar-refractivity contribution in [2.45, 2.75) is 26.2 Å². The van der Waals surface area contributed by atoms with Crippen LogP contribution in [-0.2, 0) is 16.0 Å². The molecule has 0 radical (unpaired) electrons. The lowest BCUT2D eigenvalue weighted by atomic mass is 9.82. The number of hydrogen-bond acceptors (Lipinski definition) is 4. The molecule has 2 aromatic rings. The van der Waals surface area contributed by atoms with Gasteiger partial charge in [0.15, 0.2) is 0 Å². The summed E-state index contributed by atoms with van der Waals surface area (Å²) >= 11 is 0. The van der Waals surface area contributed by atoms with Crippen molar-refractivity contribution in [3.8, 4) is 5.75 Å². The number of fused-ring (bicyclic) bond motifs is 1. The lowest BCUT2D eigenvalue weighted by Crippen LogP contribution is -2.48. The van der Waals surface area contributed by atoms with Gasteiger partial charge in [0.2, 0.25) is 5.91 Å². The summed E-state index contributed by atoms with van der Waals surface area (Å²) in [5, 5.41) is 10.3. The van der Waals surface area contributed by atoms with E-state index in [0.717, 1.165) is 10.9 Å². The van der Waals surface area contributed by atoms with Crippen LogP contribution in [0.4, 0.5) is 0 Å². The summed E-state index contributed by atoms with van der Waals surface area (Å²) < 4.78 is 10.7. The monoisotopic (exact) mass is 331 g/mol. The third kappa shape index (κ3) is 2.96. The topological polar surface area (TPSA) is 80.0 Å². The van der Waals surface area contributed by atoms with Gasteiger partial charge in [0.1, 0.15) is 11.3 Å². The smallest absolute Gasteiger partial charge is 0.311 e. The van der Waals surface area contributed by atoms with Gasteiger partial charge >= 0.3 is 5.97 Å². The van der Waals surface area contributed by atoms with Gasteiger partial charge in [-0.2, -0.15) is 0 Å². The lowest BCUT2D eigenvalue weighted by Gasteiger charge is -2.37. The summed E-state index contributed by atoms with van der Waals surface area (Å²) in [6.07, 6.45) is 3.09. The van der Waals surface area contributed by atoms with Gasteiger partial charge in [-0.1, -0.05) is 0 Å². The van der Waals surface area contributed by atoms with Gasteiger partial charge in [-0.25, -0.2) is 0 Å². The van der Waals surface area contributed by atoms with Gasteiger partial charge < -0.3 is 19.2 Å². The number of likely N-dealkylation sites (tertiary alicyclic amines) is 1. The Kier molecular flexibility index (Phi) is 4.22. The largest absolute Gasteiger partial charge is 0.497 e. The molecule has 6 heteroatoms. The molecule has 1 N–H and O–H groups in total. The zero-order chi connectivity index (χ0) is 17.3. The van der Waals surface area contributed by atoms with E-state index in [2.05, 4.69) is 0 Å². The van der Waals surface area contributed by atoms with E-state index < -0.39 is 11.4 Å². The van der Waals surface area contributed by atoms with E-state index in [9.17, 15) is 14.7 Å². The molecule has 1 aliphatic heterocycles. The fourth-order valence-electron chi connectivity index (χ4n) is 3.23. The van der Waals surface area contributed by atoms with E-state index in [1.807, 2.05) is 12.1 Å². The standard InChI is InChI=1S/C18H21NO5/c1-18(17(21)22)6-3-7-19(11-18)16(20)8-12-10-24-15-9-13(23-2)4-5-14(12)15/h4-5,9-10H,3,6-8,11H2,1-2H3,(H,21,22). The zero-order valence-corrected chi connectivity index (χ0v) is 13.9. The highest BCUT2D eigenvalue weighted by atomic mass is 16.5. The van der Waals surface area contributed by atoms with Gasteiger partial charge in [-0.15, -0.1) is 0 Å². The number of carboxylic acid groups (broad SMARTS) is 1. The van der Waals surface area contributed by atoms with E-state index >= 15 is 0 Å². The number of carboxylic acids is 1. The minimum atomic E-state index is -0.861. The van der Waals surface area contributed by atoms with Crippen molar-refractivity contribution in [1.82, 2.24) is 4.90 Å². The first-order valence-corrected chi connectivity index (χ1v) is 7.98. The molecule has 1 amide bonds. The second-order valence-electron chi connectivity index (χ2n) is 6.58. The minimum absolute atomic E-state index is 0.0688. The molecule has 128 valence electrons. The Morgan fingerprint density at radius 1 is 1.42 bits per heavy atom. The van der Waals surface area contributed by atoms with Crippen molar-refractivity contribution in [2.24, 2.45) is 5.41 Å². The SMILES string of the molecule is COc1ccc2c(CC(=O)N3CCCC(C)(C(=O)O)C3)coc2c1. The van der Waals surface area contributed by atoms with Gasteiger partial charge in [0.25, 0.3) is 0 Å².